The summed E-state index contributed by atoms with van der Waals surface area (Å²) in [4.78, 5) is 12.7. The minimum atomic E-state index is -0.207. The predicted octanol–water partition coefficient (Wildman–Crippen LogP) is 2.67. The maximum absolute atomic E-state index is 12.7. The van der Waals surface area contributed by atoms with E-state index in [-0.39, 0.29) is 5.91 Å². The van der Waals surface area contributed by atoms with Crippen molar-refractivity contribution in [3.05, 3.63) is 84.6 Å². The molecule has 24 heavy (non-hydrogen) atoms. The van der Waals surface area contributed by atoms with Gasteiger partial charge in [-0.3, -0.25) is 10.2 Å². The standard InChI is InChI=1S/C18H15N5O/c24-18(21-22-12-19-20-13-22)17-10-15-8-4-5-9-16(15)23(17)11-14-6-2-1-3-7-14/h1-10,12-13H,11H2,(H,21,24). The van der Waals surface area contributed by atoms with Gasteiger partial charge in [-0.2, -0.15) is 0 Å². The third-order valence-electron chi connectivity index (χ3n) is 3.88. The highest BCUT2D eigenvalue weighted by Gasteiger charge is 2.16. The molecule has 0 aliphatic carbocycles. The summed E-state index contributed by atoms with van der Waals surface area (Å²) in [5.74, 6) is -0.207. The van der Waals surface area contributed by atoms with Gasteiger partial charge in [0.05, 0.1) is 0 Å². The van der Waals surface area contributed by atoms with Crippen LogP contribution in [-0.4, -0.2) is 25.3 Å². The van der Waals surface area contributed by atoms with Crippen molar-refractivity contribution >= 4 is 16.8 Å². The van der Waals surface area contributed by atoms with Crippen LogP contribution >= 0.6 is 0 Å². The lowest BCUT2D eigenvalue weighted by atomic mass is 10.2. The zero-order valence-electron chi connectivity index (χ0n) is 12.8. The van der Waals surface area contributed by atoms with Crippen LogP contribution in [-0.2, 0) is 6.54 Å². The Hall–Kier alpha value is -3.41. The molecule has 0 aliphatic heterocycles. The molecule has 0 aliphatic rings. The first-order valence-electron chi connectivity index (χ1n) is 7.59. The highest BCUT2D eigenvalue weighted by Crippen LogP contribution is 2.21. The summed E-state index contributed by atoms with van der Waals surface area (Å²) in [6.45, 7) is 0.624. The first-order chi connectivity index (χ1) is 11.8. The Morgan fingerprint density at radius 2 is 1.67 bits per heavy atom. The van der Waals surface area contributed by atoms with Gasteiger partial charge < -0.3 is 4.57 Å². The zero-order chi connectivity index (χ0) is 16.4. The number of nitrogens with one attached hydrogen (secondary N) is 1. The summed E-state index contributed by atoms with van der Waals surface area (Å²) in [7, 11) is 0. The Labute approximate surface area is 138 Å². The number of rotatable bonds is 4. The maximum Gasteiger partial charge on any atom is 0.286 e. The Balaban J connectivity index is 1.76. The van der Waals surface area contributed by atoms with Crippen LogP contribution in [0, 0.1) is 0 Å². The van der Waals surface area contributed by atoms with E-state index < -0.39 is 0 Å². The van der Waals surface area contributed by atoms with Gasteiger partial charge in [-0.1, -0.05) is 48.5 Å². The van der Waals surface area contributed by atoms with E-state index in [1.807, 2.05) is 53.1 Å². The Morgan fingerprint density at radius 1 is 0.958 bits per heavy atom. The third kappa shape index (κ3) is 2.65. The van der Waals surface area contributed by atoms with E-state index in [2.05, 4.69) is 27.8 Å². The van der Waals surface area contributed by atoms with E-state index >= 15 is 0 Å². The summed E-state index contributed by atoms with van der Waals surface area (Å²) in [6, 6.07) is 20.0. The SMILES string of the molecule is O=C(Nn1cnnc1)c1cc2ccccc2n1Cc1ccccc1. The summed E-state index contributed by atoms with van der Waals surface area (Å²) >= 11 is 0. The first-order valence-corrected chi connectivity index (χ1v) is 7.59. The van der Waals surface area contributed by atoms with Crippen LogP contribution in [0.3, 0.4) is 0 Å². The number of nitrogens with zero attached hydrogens (tertiary/aromatic N) is 4. The number of carbonyl (C=O) groups is 1. The zero-order valence-corrected chi connectivity index (χ0v) is 12.8. The summed E-state index contributed by atoms with van der Waals surface area (Å²) < 4.78 is 3.46. The molecule has 0 spiro atoms. The van der Waals surface area contributed by atoms with Crippen LogP contribution in [0.4, 0.5) is 0 Å². The second-order valence-corrected chi connectivity index (χ2v) is 5.47. The molecule has 0 atom stereocenters. The highest BCUT2D eigenvalue weighted by molar-refractivity contribution is 6.03. The number of hydrogen-bond donors (Lipinski definition) is 1. The second-order valence-electron chi connectivity index (χ2n) is 5.47. The van der Waals surface area contributed by atoms with Gasteiger partial charge in [0.15, 0.2) is 0 Å². The highest BCUT2D eigenvalue weighted by atomic mass is 16.2. The molecule has 118 valence electrons. The van der Waals surface area contributed by atoms with E-state index in [1.54, 1.807) is 0 Å². The van der Waals surface area contributed by atoms with Gasteiger partial charge in [0, 0.05) is 17.4 Å². The van der Waals surface area contributed by atoms with Gasteiger partial charge in [-0.25, -0.2) is 4.68 Å². The molecule has 0 unspecified atom stereocenters. The van der Waals surface area contributed by atoms with Gasteiger partial charge in [0.2, 0.25) is 0 Å². The summed E-state index contributed by atoms with van der Waals surface area (Å²) in [5.41, 5.74) is 5.51. The second kappa shape index (κ2) is 6.00. The fraction of sp³-hybridized carbons (Fsp3) is 0.0556. The average molecular weight is 317 g/mol. The first kappa shape index (κ1) is 14.2. The molecule has 2 heterocycles. The van der Waals surface area contributed by atoms with E-state index in [0.29, 0.717) is 12.2 Å². The van der Waals surface area contributed by atoms with Crippen LogP contribution in [0.1, 0.15) is 16.1 Å². The van der Waals surface area contributed by atoms with E-state index in [9.17, 15) is 4.79 Å². The average Bonchev–Trinajstić information content (AvgIpc) is 3.24. The van der Waals surface area contributed by atoms with Crippen LogP contribution in [0.2, 0.25) is 0 Å². The van der Waals surface area contributed by atoms with Crippen molar-refractivity contribution in [2.75, 3.05) is 5.43 Å². The molecule has 4 aromatic rings. The molecular weight excluding hydrogens is 302 g/mol. The van der Waals surface area contributed by atoms with E-state index in [1.165, 1.54) is 17.3 Å². The molecule has 0 bridgehead atoms. The van der Waals surface area contributed by atoms with E-state index in [0.717, 1.165) is 16.5 Å². The number of amides is 1. The fourth-order valence-electron chi connectivity index (χ4n) is 2.77. The number of hydrogen-bond acceptors (Lipinski definition) is 3. The molecule has 1 amide bonds. The topological polar surface area (TPSA) is 64.7 Å². The molecule has 0 radical (unpaired) electrons. The Morgan fingerprint density at radius 3 is 2.46 bits per heavy atom. The minimum absolute atomic E-state index is 0.207. The normalized spacial score (nSPS) is 10.8. The molecule has 2 aromatic carbocycles. The summed E-state index contributed by atoms with van der Waals surface area (Å²) in [5, 5.41) is 8.42. The quantitative estimate of drug-likeness (QED) is 0.629. The molecular formula is C18H15N5O. The van der Waals surface area contributed by atoms with Crippen molar-refractivity contribution in [1.82, 2.24) is 19.4 Å². The van der Waals surface area contributed by atoms with Crippen molar-refractivity contribution in [3.8, 4) is 0 Å². The molecule has 0 saturated heterocycles. The van der Waals surface area contributed by atoms with Crippen LogP contribution in [0.25, 0.3) is 10.9 Å². The third-order valence-corrected chi connectivity index (χ3v) is 3.88. The fourth-order valence-corrected chi connectivity index (χ4v) is 2.77. The molecule has 0 saturated carbocycles. The monoisotopic (exact) mass is 317 g/mol. The number of aromatic nitrogens is 4. The number of para-hydroxylation sites is 1. The van der Waals surface area contributed by atoms with Crippen molar-refractivity contribution in [2.45, 2.75) is 6.54 Å². The molecule has 1 N–H and O–H groups in total. The van der Waals surface area contributed by atoms with Crippen molar-refractivity contribution in [2.24, 2.45) is 0 Å². The Bertz CT molecular complexity index is 973. The van der Waals surface area contributed by atoms with Crippen LogP contribution in [0.15, 0.2) is 73.3 Å². The van der Waals surface area contributed by atoms with Gasteiger partial charge in [-0.05, 0) is 17.7 Å². The van der Waals surface area contributed by atoms with Gasteiger partial charge in [-0.15, -0.1) is 10.2 Å². The molecule has 6 heteroatoms. The number of carbonyl (C=O) groups excluding carboxylic acids is 1. The van der Waals surface area contributed by atoms with Gasteiger partial charge >= 0.3 is 0 Å². The van der Waals surface area contributed by atoms with Gasteiger partial charge in [0.1, 0.15) is 18.3 Å². The lowest BCUT2D eigenvalue weighted by Crippen LogP contribution is -2.24. The minimum Gasteiger partial charge on any atom is -0.332 e. The molecule has 0 fully saturated rings. The van der Waals surface area contributed by atoms with Crippen LogP contribution in [0.5, 0.6) is 0 Å². The predicted molar refractivity (Wildman–Crippen MR) is 91.2 cm³/mol. The van der Waals surface area contributed by atoms with Gasteiger partial charge in [0.25, 0.3) is 5.91 Å². The molecule has 2 aromatic heterocycles. The van der Waals surface area contributed by atoms with Crippen molar-refractivity contribution < 1.29 is 4.79 Å². The Kier molecular flexibility index (Phi) is 3.55. The maximum atomic E-state index is 12.7. The summed E-state index contributed by atoms with van der Waals surface area (Å²) in [6.07, 6.45) is 2.89. The number of benzene rings is 2. The largest absolute Gasteiger partial charge is 0.332 e. The molecule has 6 nitrogen and oxygen atoms in total. The van der Waals surface area contributed by atoms with Crippen LogP contribution < -0.4 is 5.43 Å². The molecule has 4 rings (SSSR count). The van der Waals surface area contributed by atoms with Crippen molar-refractivity contribution in [3.63, 3.8) is 0 Å². The smallest absolute Gasteiger partial charge is 0.286 e. The van der Waals surface area contributed by atoms with E-state index in [4.69, 9.17) is 0 Å². The van der Waals surface area contributed by atoms with Crippen molar-refractivity contribution in [1.29, 1.82) is 0 Å². The lowest BCUT2D eigenvalue weighted by Gasteiger charge is -2.11. The number of fused-ring (bicyclic) bond motifs is 1. The lowest BCUT2D eigenvalue weighted by molar-refractivity contribution is 0.0999.